The molecule has 0 radical (unpaired) electrons. The minimum Gasteiger partial charge on any atom is -0.495 e. The highest BCUT2D eigenvalue weighted by Gasteiger charge is 2.18. The number of hydrogen-bond acceptors (Lipinski definition) is 4. The number of oxazole rings is 1. The molecule has 0 saturated heterocycles. The SMILES string of the molecule is COc1c(Br)cc(Br)cc1C(=O)Nc1cc(-c2nc3cc(C(C)C)ccc3o2)ccc1C. The lowest BCUT2D eigenvalue weighted by atomic mass is 10.0. The van der Waals surface area contributed by atoms with Crippen molar-refractivity contribution in [3.05, 3.63) is 74.2 Å². The Kier molecular flexibility index (Phi) is 6.40. The van der Waals surface area contributed by atoms with E-state index >= 15 is 0 Å². The molecular weight excluding hydrogens is 536 g/mol. The third kappa shape index (κ3) is 4.45. The van der Waals surface area contributed by atoms with Crippen molar-refractivity contribution in [3.63, 3.8) is 0 Å². The van der Waals surface area contributed by atoms with Gasteiger partial charge in [0.1, 0.15) is 11.3 Å². The Bertz CT molecular complexity index is 1330. The van der Waals surface area contributed by atoms with Gasteiger partial charge in [0.25, 0.3) is 5.91 Å². The van der Waals surface area contributed by atoms with E-state index in [1.807, 2.05) is 37.3 Å². The summed E-state index contributed by atoms with van der Waals surface area (Å²) < 4.78 is 12.9. The van der Waals surface area contributed by atoms with Gasteiger partial charge in [-0.3, -0.25) is 4.79 Å². The first kappa shape index (κ1) is 22.6. The molecule has 0 aliphatic rings. The minimum absolute atomic E-state index is 0.275. The molecule has 1 aromatic heterocycles. The quantitative estimate of drug-likeness (QED) is 0.273. The summed E-state index contributed by atoms with van der Waals surface area (Å²) in [6.07, 6.45) is 0. The van der Waals surface area contributed by atoms with Crippen LogP contribution in [-0.2, 0) is 0 Å². The van der Waals surface area contributed by atoms with Gasteiger partial charge in [-0.2, -0.15) is 0 Å². The van der Waals surface area contributed by atoms with Gasteiger partial charge in [0.2, 0.25) is 5.89 Å². The van der Waals surface area contributed by atoms with Gasteiger partial charge < -0.3 is 14.5 Å². The number of benzene rings is 3. The molecule has 0 atom stereocenters. The number of methoxy groups -OCH3 is 1. The molecule has 32 heavy (non-hydrogen) atoms. The topological polar surface area (TPSA) is 64.4 Å². The average molecular weight is 558 g/mol. The highest BCUT2D eigenvalue weighted by atomic mass is 79.9. The summed E-state index contributed by atoms with van der Waals surface area (Å²) in [4.78, 5) is 17.7. The number of carbonyl (C=O) groups is 1. The Morgan fingerprint density at radius 2 is 1.88 bits per heavy atom. The molecule has 5 nitrogen and oxygen atoms in total. The summed E-state index contributed by atoms with van der Waals surface area (Å²) >= 11 is 6.87. The molecule has 4 aromatic rings. The number of rotatable bonds is 5. The summed E-state index contributed by atoms with van der Waals surface area (Å²) in [5, 5.41) is 2.99. The largest absolute Gasteiger partial charge is 0.495 e. The number of amides is 1. The van der Waals surface area contributed by atoms with E-state index in [9.17, 15) is 4.79 Å². The number of aryl methyl sites for hydroxylation is 1. The van der Waals surface area contributed by atoms with Gasteiger partial charge in [-0.15, -0.1) is 0 Å². The first-order valence-corrected chi connectivity index (χ1v) is 11.7. The molecule has 0 unspecified atom stereocenters. The van der Waals surface area contributed by atoms with Crippen molar-refractivity contribution in [2.75, 3.05) is 12.4 Å². The van der Waals surface area contributed by atoms with Gasteiger partial charge in [0, 0.05) is 15.7 Å². The molecule has 1 N–H and O–H groups in total. The molecule has 0 saturated carbocycles. The van der Waals surface area contributed by atoms with Crippen molar-refractivity contribution < 1.29 is 13.9 Å². The summed E-state index contributed by atoms with van der Waals surface area (Å²) in [6, 6.07) is 15.4. The zero-order chi connectivity index (χ0) is 23.0. The zero-order valence-electron chi connectivity index (χ0n) is 18.1. The predicted molar refractivity (Wildman–Crippen MR) is 135 cm³/mol. The summed E-state index contributed by atoms with van der Waals surface area (Å²) in [6.45, 7) is 6.24. The lowest BCUT2D eigenvalue weighted by Crippen LogP contribution is -2.14. The number of ether oxygens (including phenoxy) is 1. The van der Waals surface area contributed by atoms with Gasteiger partial charge >= 0.3 is 0 Å². The van der Waals surface area contributed by atoms with Crippen LogP contribution in [0, 0.1) is 6.92 Å². The smallest absolute Gasteiger partial charge is 0.259 e. The molecule has 0 fully saturated rings. The van der Waals surface area contributed by atoms with Crippen LogP contribution in [-0.4, -0.2) is 18.0 Å². The number of carbonyl (C=O) groups excluding carboxylic acids is 1. The number of nitrogens with one attached hydrogen (secondary N) is 1. The third-order valence-corrected chi connectivity index (χ3v) is 6.32. The Balaban J connectivity index is 1.68. The van der Waals surface area contributed by atoms with Crippen molar-refractivity contribution in [1.82, 2.24) is 4.98 Å². The monoisotopic (exact) mass is 556 g/mol. The fourth-order valence-electron chi connectivity index (χ4n) is 3.44. The van der Waals surface area contributed by atoms with Crippen LogP contribution in [0.25, 0.3) is 22.6 Å². The number of hydrogen-bond donors (Lipinski definition) is 1. The maximum absolute atomic E-state index is 13.1. The molecular formula is C25H22Br2N2O3. The molecule has 7 heteroatoms. The molecule has 0 bridgehead atoms. The van der Waals surface area contributed by atoms with Crippen LogP contribution in [0.1, 0.15) is 41.3 Å². The fourth-order valence-corrected chi connectivity index (χ4v) is 4.83. The van der Waals surface area contributed by atoms with E-state index in [-0.39, 0.29) is 5.91 Å². The molecule has 1 amide bonds. The van der Waals surface area contributed by atoms with Crippen molar-refractivity contribution in [3.8, 4) is 17.2 Å². The zero-order valence-corrected chi connectivity index (χ0v) is 21.3. The van der Waals surface area contributed by atoms with Crippen LogP contribution in [0.15, 0.2) is 61.9 Å². The van der Waals surface area contributed by atoms with Crippen molar-refractivity contribution >= 4 is 54.6 Å². The Morgan fingerprint density at radius 1 is 1.09 bits per heavy atom. The Hall–Kier alpha value is -2.64. The summed E-state index contributed by atoms with van der Waals surface area (Å²) in [7, 11) is 1.54. The first-order chi connectivity index (χ1) is 15.3. The predicted octanol–water partition coefficient (Wildman–Crippen LogP) is 7.71. The molecule has 0 spiro atoms. The lowest BCUT2D eigenvalue weighted by Gasteiger charge is -2.13. The summed E-state index contributed by atoms with van der Waals surface area (Å²) in [5.74, 6) is 1.12. The standard InChI is InChI=1S/C25H22Br2N2O3/c1-13(2)15-7-8-22-21(9-15)29-25(32-22)16-6-5-14(3)20(10-16)28-24(30)18-11-17(26)12-19(27)23(18)31-4/h5-13H,1-4H3,(H,28,30). The van der Waals surface area contributed by atoms with Gasteiger partial charge in [0.15, 0.2) is 5.58 Å². The van der Waals surface area contributed by atoms with Crippen molar-refractivity contribution in [2.24, 2.45) is 0 Å². The Labute approximate surface area is 203 Å². The van der Waals surface area contributed by atoms with E-state index in [0.29, 0.717) is 33.3 Å². The van der Waals surface area contributed by atoms with Crippen molar-refractivity contribution in [1.29, 1.82) is 0 Å². The maximum atomic E-state index is 13.1. The number of nitrogens with zero attached hydrogens (tertiary/aromatic N) is 1. The van der Waals surface area contributed by atoms with Crippen molar-refractivity contribution in [2.45, 2.75) is 26.7 Å². The van der Waals surface area contributed by atoms with Gasteiger partial charge in [0.05, 0.1) is 17.1 Å². The number of fused-ring (bicyclic) bond motifs is 1. The maximum Gasteiger partial charge on any atom is 0.259 e. The van der Waals surface area contributed by atoms with E-state index in [4.69, 9.17) is 9.15 Å². The third-order valence-electron chi connectivity index (χ3n) is 5.27. The molecule has 4 rings (SSSR count). The number of halogens is 2. The normalized spacial score (nSPS) is 11.2. The second-order valence-electron chi connectivity index (χ2n) is 7.85. The molecule has 3 aromatic carbocycles. The average Bonchev–Trinajstić information content (AvgIpc) is 3.18. The van der Waals surface area contributed by atoms with E-state index in [1.165, 1.54) is 12.7 Å². The second kappa shape index (κ2) is 9.08. The molecule has 0 aliphatic carbocycles. The van der Waals surface area contributed by atoms with E-state index in [1.54, 1.807) is 6.07 Å². The van der Waals surface area contributed by atoms with Gasteiger partial charge in [-0.1, -0.05) is 41.9 Å². The molecule has 1 heterocycles. The van der Waals surface area contributed by atoms with E-state index in [2.05, 4.69) is 68.1 Å². The highest BCUT2D eigenvalue weighted by Crippen LogP contribution is 2.34. The number of anilines is 1. The highest BCUT2D eigenvalue weighted by molar-refractivity contribution is 9.11. The van der Waals surface area contributed by atoms with Crippen LogP contribution in [0.5, 0.6) is 5.75 Å². The first-order valence-electron chi connectivity index (χ1n) is 10.1. The van der Waals surface area contributed by atoms with E-state index in [0.717, 1.165) is 26.7 Å². The van der Waals surface area contributed by atoms with Gasteiger partial charge in [-0.25, -0.2) is 4.98 Å². The summed E-state index contributed by atoms with van der Waals surface area (Å²) in [5.41, 5.74) is 5.57. The lowest BCUT2D eigenvalue weighted by molar-refractivity contribution is 0.102. The van der Waals surface area contributed by atoms with Crippen LogP contribution in [0.3, 0.4) is 0 Å². The van der Waals surface area contributed by atoms with Crippen LogP contribution >= 0.6 is 31.9 Å². The number of aromatic nitrogens is 1. The second-order valence-corrected chi connectivity index (χ2v) is 9.62. The van der Waals surface area contributed by atoms with E-state index < -0.39 is 0 Å². The van der Waals surface area contributed by atoms with Gasteiger partial charge in [-0.05, 0) is 76.3 Å². The minimum atomic E-state index is -0.275. The van der Waals surface area contributed by atoms with Crippen LogP contribution < -0.4 is 10.1 Å². The molecule has 164 valence electrons. The van der Waals surface area contributed by atoms with Crippen LogP contribution in [0.4, 0.5) is 5.69 Å². The Morgan fingerprint density at radius 3 is 2.59 bits per heavy atom. The molecule has 0 aliphatic heterocycles. The van der Waals surface area contributed by atoms with Crippen LogP contribution in [0.2, 0.25) is 0 Å². The fraction of sp³-hybridized carbons (Fsp3) is 0.200.